The molecule has 3 rings (SSSR count). The largest absolute Gasteiger partial charge is 0.278 e. The molecule has 3 N–H and O–H groups in total. The molecule has 3 aromatic carbocycles. The van der Waals surface area contributed by atoms with Crippen LogP contribution in [0, 0.1) is 11.3 Å². The summed E-state index contributed by atoms with van der Waals surface area (Å²) in [6.07, 6.45) is 0. The smallest absolute Gasteiger partial charge is 0.261 e. The number of benzene rings is 3. The summed E-state index contributed by atoms with van der Waals surface area (Å²) in [5.41, 5.74) is 1.59. The lowest BCUT2D eigenvalue weighted by molar-refractivity contribution is 0.598. The van der Waals surface area contributed by atoms with Gasteiger partial charge in [-0.15, -0.1) is 0 Å². The summed E-state index contributed by atoms with van der Waals surface area (Å²) >= 11 is 0. The Morgan fingerprint density at radius 1 is 0.821 bits per heavy atom. The van der Waals surface area contributed by atoms with Crippen LogP contribution < -0.4 is 9.86 Å². The fourth-order valence-electron chi connectivity index (χ4n) is 2.61. The molecule has 0 heterocycles. The highest BCUT2D eigenvalue weighted by molar-refractivity contribution is 7.93. The van der Waals surface area contributed by atoms with Crippen LogP contribution in [0.15, 0.2) is 82.6 Å². The van der Waals surface area contributed by atoms with Crippen LogP contribution in [0.3, 0.4) is 0 Å². The minimum atomic E-state index is -4.10. The maximum atomic E-state index is 12.8. The maximum absolute atomic E-state index is 12.8. The Hall–Kier alpha value is -3.19. The van der Waals surface area contributed by atoms with Gasteiger partial charge in [-0.05, 0) is 47.5 Å². The third-order valence-corrected chi connectivity index (χ3v) is 6.24. The molecule has 0 atom stereocenters. The number of sulfonamides is 2. The van der Waals surface area contributed by atoms with E-state index in [1.165, 1.54) is 36.4 Å². The van der Waals surface area contributed by atoms with E-state index in [2.05, 4.69) is 4.72 Å². The van der Waals surface area contributed by atoms with Crippen molar-refractivity contribution in [1.82, 2.24) is 0 Å². The topological polar surface area (TPSA) is 130 Å². The van der Waals surface area contributed by atoms with E-state index < -0.39 is 20.0 Å². The van der Waals surface area contributed by atoms with Crippen LogP contribution in [-0.4, -0.2) is 16.8 Å². The van der Waals surface area contributed by atoms with Gasteiger partial charge in [0.25, 0.3) is 10.0 Å². The Bertz CT molecular complexity index is 1290. The first-order chi connectivity index (χ1) is 13.2. The second-order valence-electron chi connectivity index (χ2n) is 5.87. The number of nitrogens with two attached hydrogens (primary N) is 1. The summed E-state index contributed by atoms with van der Waals surface area (Å²) in [7, 11) is -8.18. The number of nitrogens with zero attached hydrogens (tertiary/aromatic N) is 1. The molecule has 28 heavy (non-hydrogen) atoms. The number of primary sulfonamides is 1. The van der Waals surface area contributed by atoms with Crippen molar-refractivity contribution in [2.24, 2.45) is 5.14 Å². The van der Waals surface area contributed by atoms with Crippen molar-refractivity contribution < 1.29 is 16.8 Å². The van der Waals surface area contributed by atoms with Crippen LogP contribution in [0.1, 0.15) is 5.56 Å². The van der Waals surface area contributed by atoms with E-state index in [0.29, 0.717) is 16.7 Å². The van der Waals surface area contributed by atoms with E-state index in [-0.39, 0.29) is 15.5 Å². The summed E-state index contributed by atoms with van der Waals surface area (Å²) in [5.74, 6) is 0. The monoisotopic (exact) mass is 413 g/mol. The molecular weight excluding hydrogens is 398 g/mol. The summed E-state index contributed by atoms with van der Waals surface area (Å²) < 4.78 is 51.2. The maximum Gasteiger partial charge on any atom is 0.261 e. The lowest BCUT2D eigenvalue weighted by Crippen LogP contribution is -2.18. The molecule has 0 saturated heterocycles. The first kappa shape index (κ1) is 19.6. The summed E-state index contributed by atoms with van der Waals surface area (Å²) in [5, 5.41) is 14.2. The first-order valence-corrected chi connectivity index (χ1v) is 11.0. The number of rotatable bonds is 5. The van der Waals surface area contributed by atoms with Gasteiger partial charge in [-0.3, -0.25) is 4.72 Å². The molecular formula is C19H15N3O4S2. The summed E-state index contributed by atoms with van der Waals surface area (Å²) in [6, 6.07) is 20.4. The van der Waals surface area contributed by atoms with E-state index in [4.69, 9.17) is 10.4 Å². The lowest BCUT2D eigenvalue weighted by Gasteiger charge is -2.12. The van der Waals surface area contributed by atoms with Crippen LogP contribution in [0.4, 0.5) is 5.69 Å². The second-order valence-corrected chi connectivity index (χ2v) is 9.08. The van der Waals surface area contributed by atoms with Gasteiger partial charge in [-0.1, -0.05) is 36.4 Å². The third kappa shape index (κ3) is 4.20. The molecule has 3 aromatic rings. The fourth-order valence-corrected chi connectivity index (χ4v) is 4.50. The Kier molecular flexibility index (Phi) is 5.20. The van der Waals surface area contributed by atoms with Gasteiger partial charge >= 0.3 is 0 Å². The number of para-hydroxylation sites is 1. The standard InChI is InChI=1S/C19H15N3O4S2/c20-13-14-5-3-6-15(11-14)16-7-4-8-17(12-16)28(25,26)22-18-9-1-2-10-19(18)27(21,23)24/h1-12,22H,(H2,21,23,24). The molecule has 0 radical (unpaired) electrons. The Morgan fingerprint density at radius 2 is 1.46 bits per heavy atom. The quantitative estimate of drug-likeness (QED) is 0.664. The highest BCUT2D eigenvalue weighted by atomic mass is 32.2. The molecule has 0 aliphatic heterocycles. The molecule has 0 aliphatic carbocycles. The second kappa shape index (κ2) is 7.44. The van der Waals surface area contributed by atoms with Crippen molar-refractivity contribution in [2.45, 2.75) is 9.79 Å². The van der Waals surface area contributed by atoms with E-state index in [0.717, 1.165) is 0 Å². The molecule has 0 saturated carbocycles. The molecule has 0 spiro atoms. The van der Waals surface area contributed by atoms with Gasteiger partial charge in [-0.25, -0.2) is 22.0 Å². The zero-order chi connectivity index (χ0) is 20.4. The zero-order valence-electron chi connectivity index (χ0n) is 14.4. The Balaban J connectivity index is 2.02. The highest BCUT2D eigenvalue weighted by Crippen LogP contribution is 2.26. The van der Waals surface area contributed by atoms with Crippen LogP contribution in [0.25, 0.3) is 11.1 Å². The molecule has 0 bridgehead atoms. The normalized spacial score (nSPS) is 11.6. The Morgan fingerprint density at radius 3 is 2.14 bits per heavy atom. The predicted molar refractivity (Wildman–Crippen MR) is 105 cm³/mol. The molecule has 0 fully saturated rings. The van der Waals surface area contributed by atoms with Gasteiger partial charge in [-0.2, -0.15) is 5.26 Å². The summed E-state index contributed by atoms with van der Waals surface area (Å²) in [4.78, 5) is -0.381. The van der Waals surface area contributed by atoms with Gasteiger partial charge in [0.15, 0.2) is 0 Å². The number of hydrogen-bond donors (Lipinski definition) is 2. The molecule has 0 amide bonds. The number of anilines is 1. The lowest BCUT2D eigenvalue weighted by atomic mass is 10.0. The third-order valence-electron chi connectivity index (χ3n) is 3.91. The first-order valence-electron chi connectivity index (χ1n) is 7.96. The molecule has 0 aliphatic rings. The van der Waals surface area contributed by atoms with Crippen molar-refractivity contribution in [3.05, 3.63) is 78.4 Å². The predicted octanol–water partition coefficient (Wildman–Crippen LogP) is 2.67. The number of nitriles is 1. The molecule has 142 valence electrons. The van der Waals surface area contributed by atoms with Gasteiger partial charge in [0.05, 0.1) is 22.2 Å². The van der Waals surface area contributed by atoms with Crippen molar-refractivity contribution in [2.75, 3.05) is 4.72 Å². The van der Waals surface area contributed by atoms with Gasteiger partial charge in [0, 0.05) is 0 Å². The highest BCUT2D eigenvalue weighted by Gasteiger charge is 2.20. The minimum absolute atomic E-state index is 0.0587. The zero-order valence-corrected chi connectivity index (χ0v) is 16.0. The number of hydrogen-bond acceptors (Lipinski definition) is 5. The van der Waals surface area contributed by atoms with Crippen molar-refractivity contribution in [3.8, 4) is 17.2 Å². The van der Waals surface area contributed by atoms with Crippen molar-refractivity contribution >= 4 is 25.7 Å². The van der Waals surface area contributed by atoms with Gasteiger partial charge < -0.3 is 0 Å². The Labute approximate surface area is 163 Å². The fraction of sp³-hybridized carbons (Fsp3) is 0. The molecule has 0 unspecified atom stereocenters. The minimum Gasteiger partial charge on any atom is -0.278 e. The van der Waals surface area contributed by atoms with E-state index in [1.54, 1.807) is 36.4 Å². The van der Waals surface area contributed by atoms with E-state index in [1.807, 2.05) is 6.07 Å². The molecule has 7 nitrogen and oxygen atoms in total. The molecule has 0 aromatic heterocycles. The van der Waals surface area contributed by atoms with Crippen LogP contribution >= 0.6 is 0 Å². The van der Waals surface area contributed by atoms with Crippen LogP contribution in [0.2, 0.25) is 0 Å². The average molecular weight is 413 g/mol. The van der Waals surface area contributed by atoms with Gasteiger partial charge in [0.2, 0.25) is 10.0 Å². The van der Waals surface area contributed by atoms with Crippen LogP contribution in [0.5, 0.6) is 0 Å². The van der Waals surface area contributed by atoms with E-state index in [9.17, 15) is 16.8 Å². The van der Waals surface area contributed by atoms with Crippen molar-refractivity contribution in [1.29, 1.82) is 5.26 Å². The number of nitrogens with one attached hydrogen (secondary N) is 1. The SMILES string of the molecule is N#Cc1cccc(-c2cccc(S(=O)(=O)Nc3ccccc3S(N)(=O)=O)c2)c1. The average Bonchev–Trinajstić information content (AvgIpc) is 2.67. The van der Waals surface area contributed by atoms with E-state index >= 15 is 0 Å². The van der Waals surface area contributed by atoms with Gasteiger partial charge in [0.1, 0.15) is 4.90 Å². The molecule has 9 heteroatoms. The van der Waals surface area contributed by atoms with Crippen molar-refractivity contribution in [3.63, 3.8) is 0 Å². The van der Waals surface area contributed by atoms with Crippen LogP contribution in [-0.2, 0) is 20.0 Å². The summed E-state index contributed by atoms with van der Waals surface area (Å²) in [6.45, 7) is 0.